The number of rotatable bonds is 1. The van der Waals surface area contributed by atoms with Gasteiger partial charge in [-0.2, -0.15) is 0 Å². The number of halogens is 1. The topological polar surface area (TPSA) is 31.2 Å². The van der Waals surface area contributed by atoms with Crippen LogP contribution in [0.15, 0.2) is 6.07 Å². The molecule has 0 fully saturated rings. The highest BCUT2D eigenvalue weighted by Crippen LogP contribution is 2.27. The molecule has 3 nitrogen and oxygen atoms in total. The number of methoxy groups -OCH3 is 1. The number of carbonyl (C=O) groups excluding carboxylic acids is 1. The Morgan fingerprint density at radius 3 is 3.15 bits per heavy atom. The molecule has 70 valence electrons. The maximum atomic E-state index is 11.3. The lowest BCUT2D eigenvalue weighted by Gasteiger charge is -2.03. The van der Waals surface area contributed by atoms with Crippen LogP contribution in [-0.4, -0.2) is 17.6 Å². The number of hydrogen-bond acceptors (Lipinski definition) is 2. The summed E-state index contributed by atoms with van der Waals surface area (Å²) in [5.74, 6) is -0.349. The van der Waals surface area contributed by atoms with Crippen LogP contribution in [0.1, 0.15) is 22.6 Å². The van der Waals surface area contributed by atoms with Gasteiger partial charge in [0.25, 0.3) is 0 Å². The van der Waals surface area contributed by atoms with Crippen molar-refractivity contribution in [2.75, 3.05) is 7.11 Å². The number of fused-ring (bicyclic) bond motifs is 1. The molecule has 1 aliphatic rings. The third-order valence-electron chi connectivity index (χ3n) is 2.33. The Morgan fingerprint density at radius 2 is 2.46 bits per heavy atom. The van der Waals surface area contributed by atoms with Gasteiger partial charge in [0.05, 0.1) is 12.1 Å². The van der Waals surface area contributed by atoms with E-state index in [9.17, 15) is 4.79 Å². The van der Waals surface area contributed by atoms with Gasteiger partial charge in [0.15, 0.2) is 0 Å². The standard InChI is InChI=1S/C9H10ClNO2/c1-13-9(12)8-7(10)5-6-3-2-4-11(6)8/h5H,2-4H2,1H3. The van der Waals surface area contributed by atoms with Gasteiger partial charge >= 0.3 is 5.97 Å². The van der Waals surface area contributed by atoms with Crippen LogP contribution >= 0.6 is 11.6 Å². The lowest BCUT2D eigenvalue weighted by molar-refractivity contribution is 0.0589. The number of esters is 1. The van der Waals surface area contributed by atoms with Gasteiger partial charge < -0.3 is 9.30 Å². The fourth-order valence-corrected chi connectivity index (χ4v) is 2.06. The normalized spacial score (nSPS) is 14.3. The van der Waals surface area contributed by atoms with Crippen LogP contribution < -0.4 is 0 Å². The van der Waals surface area contributed by atoms with Crippen molar-refractivity contribution in [1.82, 2.24) is 4.57 Å². The summed E-state index contributed by atoms with van der Waals surface area (Å²) >= 11 is 5.91. The summed E-state index contributed by atoms with van der Waals surface area (Å²) in [5.41, 5.74) is 1.63. The summed E-state index contributed by atoms with van der Waals surface area (Å²) in [5, 5.41) is 0.501. The second-order valence-corrected chi connectivity index (χ2v) is 3.49. The Kier molecular flexibility index (Phi) is 2.04. The Labute approximate surface area is 81.2 Å². The number of hydrogen-bond donors (Lipinski definition) is 0. The summed E-state index contributed by atoms with van der Waals surface area (Å²) in [7, 11) is 1.37. The second kappa shape index (κ2) is 3.07. The molecule has 1 aliphatic heterocycles. The molecule has 0 aromatic carbocycles. The van der Waals surface area contributed by atoms with Crippen molar-refractivity contribution in [1.29, 1.82) is 0 Å². The molecular formula is C9H10ClNO2. The number of aromatic nitrogens is 1. The van der Waals surface area contributed by atoms with Gasteiger partial charge in [-0.15, -0.1) is 0 Å². The molecule has 0 spiro atoms. The Bertz CT molecular complexity index is 357. The van der Waals surface area contributed by atoms with Crippen LogP contribution in [0.2, 0.25) is 5.02 Å². The number of nitrogens with zero attached hydrogens (tertiary/aromatic N) is 1. The van der Waals surface area contributed by atoms with Crippen LogP contribution in [0.4, 0.5) is 0 Å². The molecule has 1 aromatic rings. The first-order chi connectivity index (χ1) is 6.24. The Hall–Kier alpha value is -0.960. The van der Waals surface area contributed by atoms with E-state index in [4.69, 9.17) is 11.6 Å². The molecule has 0 aliphatic carbocycles. The lowest BCUT2D eigenvalue weighted by Crippen LogP contribution is -2.09. The van der Waals surface area contributed by atoms with E-state index in [1.807, 2.05) is 10.6 Å². The van der Waals surface area contributed by atoms with Gasteiger partial charge in [-0.3, -0.25) is 0 Å². The van der Waals surface area contributed by atoms with Gasteiger partial charge in [0, 0.05) is 12.2 Å². The third kappa shape index (κ3) is 1.23. The molecule has 0 amide bonds. The van der Waals surface area contributed by atoms with Crippen molar-refractivity contribution in [3.05, 3.63) is 22.5 Å². The average molecular weight is 200 g/mol. The zero-order valence-corrected chi connectivity index (χ0v) is 8.10. The maximum Gasteiger partial charge on any atom is 0.356 e. The van der Waals surface area contributed by atoms with E-state index in [0.717, 1.165) is 25.1 Å². The summed E-state index contributed by atoms with van der Waals surface area (Å²) in [6, 6.07) is 1.85. The Balaban J connectivity index is 2.50. The monoisotopic (exact) mass is 199 g/mol. The van der Waals surface area contributed by atoms with Crippen molar-refractivity contribution in [3.8, 4) is 0 Å². The summed E-state index contributed by atoms with van der Waals surface area (Å²) in [6.07, 6.45) is 2.08. The summed E-state index contributed by atoms with van der Waals surface area (Å²) < 4.78 is 6.60. The molecular weight excluding hydrogens is 190 g/mol. The minimum absolute atomic E-state index is 0.349. The number of ether oxygens (including phenoxy) is 1. The smallest absolute Gasteiger partial charge is 0.356 e. The predicted octanol–water partition coefficient (Wildman–Crippen LogP) is 1.87. The van der Waals surface area contributed by atoms with Crippen LogP contribution in [0.3, 0.4) is 0 Å². The van der Waals surface area contributed by atoms with Gasteiger partial charge in [-0.1, -0.05) is 11.6 Å². The molecule has 0 saturated heterocycles. The highest BCUT2D eigenvalue weighted by Gasteiger charge is 2.23. The van der Waals surface area contributed by atoms with Crippen LogP contribution in [-0.2, 0) is 17.7 Å². The fourth-order valence-electron chi connectivity index (χ4n) is 1.75. The van der Waals surface area contributed by atoms with E-state index in [1.54, 1.807) is 0 Å². The van der Waals surface area contributed by atoms with Crippen molar-refractivity contribution < 1.29 is 9.53 Å². The van der Waals surface area contributed by atoms with Crippen molar-refractivity contribution >= 4 is 17.6 Å². The molecule has 0 saturated carbocycles. The summed E-state index contributed by atoms with van der Waals surface area (Å²) in [4.78, 5) is 11.3. The van der Waals surface area contributed by atoms with Crippen LogP contribution in [0.25, 0.3) is 0 Å². The largest absolute Gasteiger partial charge is 0.464 e. The van der Waals surface area contributed by atoms with Crippen LogP contribution in [0, 0.1) is 0 Å². The molecule has 13 heavy (non-hydrogen) atoms. The SMILES string of the molecule is COC(=O)c1c(Cl)cc2n1CCC2. The second-order valence-electron chi connectivity index (χ2n) is 3.08. The molecule has 0 radical (unpaired) electrons. The van der Waals surface area contributed by atoms with E-state index in [-0.39, 0.29) is 5.97 Å². The third-order valence-corrected chi connectivity index (χ3v) is 2.62. The van der Waals surface area contributed by atoms with Gasteiger partial charge in [0.2, 0.25) is 0 Å². The highest BCUT2D eigenvalue weighted by atomic mass is 35.5. The highest BCUT2D eigenvalue weighted by molar-refractivity contribution is 6.33. The first-order valence-corrected chi connectivity index (χ1v) is 4.58. The zero-order valence-electron chi connectivity index (χ0n) is 7.34. The first kappa shape index (κ1) is 8.63. The van der Waals surface area contributed by atoms with E-state index in [2.05, 4.69) is 4.74 Å². The molecule has 0 atom stereocenters. The number of aryl methyl sites for hydroxylation is 1. The predicted molar refractivity (Wildman–Crippen MR) is 49.1 cm³/mol. The van der Waals surface area contributed by atoms with Gasteiger partial charge in [0.1, 0.15) is 5.69 Å². The maximum absolute atomic E-state index is 11.3. The molecule has 1 aromatic heterocycles. The van der Waals surface area contributed by atoms with E-state index in [1.165, 1.54) is 7.11 Å². The van der Waals surface area contributed by atoms with E-state index < -0.39 is 0 Å². The lowest BCUT2D eigenvalue weighted by atomic mass is 10.3. The van der Waals surface area contributed by atoms with E-state index >= 15 is 0 Å². The first-order valence-electron chi connectivity index (χ1n) is 4.20. The van der Waals surface area contributed by atoms with Gasteiger partial charge in [-0.05, 0) is 18.9 Å². The molecule has 2 heterocycles. The quantitative estimate of drug-likeness (QED) is 0.647. The molecule has 0 unspecified atom stereocenters. The minimum Gasteiger partial charge on any atom is -0.464 e. The zero-order chi connectivity index (χ0) is 9.42. The summed E-state index contributed by atoms with van der Waals surface area (Å²) in [6.45, 7) is 0.868. The van der Waals surface area contributed by atoms with Gasteiger partial charge in [-0.25, -0.2) is 4.79 Å². The van der Waals surface area contributed by atoms with E-state index in [0.29, 0.717) is 10.7 Å². The molecule has 2 rings (SSSR count). The Morgan fingerprint density at radius 1 is 1.69 bits per heavy atom. The molecule has 4 heteroatoms. The van der Waals surface area contributed by atoms with Crippen molar-refractivity contribution in [2.24, 2.45) is 0 Å². The molecule has 0 N–H and O–H groups in total. The van der Waals surface area contributed by atoms with Crippen molar-refractivity contribution in [2.45, 2.75) is 19.4 Å². The van der Waals surface area contributed by atoms with Crippen LogP contribution in [0.5, 0.6) is 0 Å². The average Bonchev–Trinajstić information content (AvgIpc) is 2.62. The van der Waals surface area contributed by atoms with Crippen molar-refractivity contribution in [3.63, 3.8) is 0 Å². The molecule has 0 bridgehead atoms. The minimum atomic E-state index is -0.349. The fraction of sp³-hybridized carbons (Fsp3) is 0.444. The number of carbonyl (C=O) groups is 1.